The second kappa shape index (κ2) is 7.31. The summed E-state index contributed by atoms with van der Waals surface area (Å²) in [6, 6.07) is 0. The first kappa shape index (κ1) is 21.5. The van der Waals surface area contributed by atoms with Gasteiger partial charge in [-0.3, -0.25) is 19.1 Å². The summed E-state index contributed by atoms with van der Waals surface area (Å²) in [5.41, 5.74) is -4.68. The number of ether oxygens (including phenoxy) is 2. The Bertz CT molecular complexity index is 890. The monoisotopic (exact) mass is 408 g/mol. The zero-order valence-corrected chi connectivity index (χ0v) is 16.6. The van der Waals surface area contributed by atoms with E-state index in [1.165, 1.54) is 13.1 Å². The average molecular weight is 408 g/mol. The van der Waals surface area contributed by atoms with Gasteiger partial charge in [-0.2, -0.15) is 8.78 Å². The van der Waals surface area contributed by atoms with Crippen LogP contribution in [0.2, 0.25) is 0 Å². The molecule has 0 aliphatic carbocycles. The van der Waals surface area contributed by atoms with Gasteiger partial charge in [0.1, 0.15) is 7.14 Å². The van der Waals surface area contributed by atoms with Gasteiger partial charge in [0.2, 0.25) is 0 Å². The Kier molecular flexibility index (Phi) is 5.82. The van der Waals surface area contributed by atoms with Crippen LogP contribution in [0.15, 0.2) is 15.8 Å². The van der Waals surface area contributed by atoms with Gasteiger partial charge in [-0.25, -0.2) is 4.79 Å². The van der Waals surface area contributed by atoms with Gasteiger partial charge in [-0.15, -0.1) is 0 Å². The first-order chi connectivity index (χ1) is 12.2. The van der Waals surface area contributed by atoms with Crippen molar-refractivity contribution in [3.63, 3.8) is 0 Å². The minimum Gasteiger partial charge on any atom is -0.457 e. The summed E-state index contributed by atoms with van der Waals surface area (Å²) in [4.78, 5) is 37.3. The molecule has 1 aromatic heterocycles. The lowest BCUT2D eigenvalue weighted by molar-refractivity contribution is -0.154. The number of hydrogen-bond acceptors (Lipinski definition) is 6. The number of nitrogens with zero attached hydrogens (tertiary/aromatic N) is 1. The fourth-order valence-electron chi connectivity index (χ4n) is 2.90. The fourth-order valence-corrected chi connectivity index (χ4v) is 3.52. The Morgan fingerprint density at radius 3 is 2.52 bits per heavy atom. The molecule has 8 nitrogen and oxygen atoms in total. The van der Waals surface area contributed by atoms with Crippen molar-refractivity contribution in [2.24, 2.45) is 5.92 Å². The molecule has 1 fully saturated rings. The number of aromatic nitrogens is 2. The summed E-state index contributed by atoms with van der Waals surface area (Å²) < 4.78 is 52.4. The molecule has 0 saturated carbocycles. The number of aromatic amines is 1. The summed E-state index contributed by atoms with van der Waals surface area (Å²) in [5.74, 6) is -1.37. The molecule has 0 radical (unpaired) electrons. The second-order valence-electron chi connectivity index (χ2n) is 7.20. The third kappa shape index (κ3) is 4.38. The molecule has 2 heterocycles. The van der Waals surface area contributed by atoms with E-state index in [1.807, 2.05) is 0 Å². The maximum atomic E-state index is 14.3. The lowest BCUT2D eigenvalue weighted by Crippen LogP contribution is -2.38. The number of carbonyl (C=O) groups is 1. The van der Waals surface area contributed by atoms with Gasteiger partial charge in [-0.05, 0) is 20.3 Å². The van der Waals surface area contributed by atoms with Crippen molar-refractivity contribution >= 4 is 13.1 Å². The Labute approximate surface area is 154 Å². The van der Waals surface area contributed by atoms with Gasteiger partial charge in [0, 0.05) is 31.0 Å². The summed E-state index contributed by atoms with van der Waals surface area (Å²) in [7, 11) is -3.75. The quantitative estimate of drug-likeness (QED) is 0.589. The molecule has 0 amide bonds. The van der Waals surface area contributed by atoms with Crippen molar-refractivity contribution in [1.29, 1.82) is 0 Å². The lowest BCUT2D eigenvalue weighted by atomic mass is 9.98. The van der Waals surface area contributed by atoms with Crippen LogP contribution in [0.1, 0.15) is 32.1 Å². The smallest absolute Gasteiger partial charge is 0.330 e. The molecule has 2 rings (SSSR count). The van der Waals surface area contributed by atoms with Crippen LogP contribution in [0.4, 0.5) is 8.78 Å². The Hall–Kier alpha value is -1.80. The second-order valence-corrected chi connectivity index (χ2v) is 10.6. The number of halogens is 2. The van der Waals surface area contributed by atoms with Crippen molar-refractivity contribution in [2.75, 3.05) is 13.3 Å². The van der Waals surface area contributed by atoms with Crippen molar-refractivity contribution in [3.05, 3.63) is 32.6 Å². The van der Waals surface area contributed by atoms with Crippen LogP contribution in [-0.2, 0) is 18.8 Å². The van der Waals surface area contributed by atoms with Crippen molar-refractivity contribution in [3.8, 4) is 0 Å². The Morgan fingerprint density at radius 1 is 1.41 bits per heavy atom. The van der Waals surface area contributed by atoms with Crippen molar-refractivity contribution < 1.29 is 27.6 Å². The van der Waals surface area contributed by atoms with Crippen LogP contribution in [0.25, 0.3) is 0 Å². The third-order valence-electron chi connectivity index (χ3n) is 4.66. The molecule has 27 heavy (non-hydrogen) atoms. The van der Waals surface area contributed by atoms with E-state index < -0.39 is 60.8 Å². The molecule has 0 spiro atoms. The number of esters is 1. The van der Waals surface area contributed by atoms with Crippen molar-refractivity contribution in [2.45, 2.75) is 51.3 Å². The van der Waals surface area contributed by atoms with E-state index in [0.29, 0.717) is 0 Å². The summed E-state index contributed by atoms with van der Waals surface area (Å²) in [5, 5.41) is 0. The molecular weight excluding hydrogens is 385 g/mol. The number of hydrogen-bond donors (Lipinski definition) is 1. The number of rotatable bonds is 5. The SMILES string of the molecule is CC(=O)O[C@@H]1[C@H](C)[C@@H](CC(F)(F)P(C)(C)=O)O[C@H]1n1cc(C)c(=O)[nH]c1=O. The molecule has 1 saturated heterocycles. The van der Waals surface area contributed by atoms with Crippen LogP contribution >= 0.6 is 7.14 Å². The molecular formula is C16H23F2N2O6P. The molecule has 0 bridgehead atoms. The normalized spacial score (nSPS) is 26.2. The minimum absolute atomic E-state index is 0.202. The van der Waals surface area contributed by atoms with Crippen molar-refractivity contribution in [1.82, 2.24) is 9.55 Å². The number of alkyl halides is 2. The molecule has 152 valence electrons. The fraction of sp³-hybridized carbons (Fsp3) is 0.688. The van der Waals surface area contributed by atoms with E-state index in [9.17, 15) is 27.7 Å². The standard InChI is InChI=1S/C16H23F2N2O6P/c1-8-7-20(15(23)19-13(8)22)14-12(25-10(3)21)9(2)11(26-14)6-16(17,18)27(4,5)24/h7,9,11-12,14H,6H2,1-5H3,(H,19,22,23)/t9-,11-,12-,14-/m1/s1. The average Bonchev–Trinajstić information content (AvgIpc) is 2.78. The van der Waals surface area contributed by atoms with Gasteiger partial charge < -0.3 is 14.0 Å². The highest BCUT2D eigenvalue weighted by Crippen LogP contribution is 2.57. The molecule has 0 unspecified atom stereocenters. The maximum absolute atomic E-state index is 14.3. The molecule has 1 aromatic rings. The van der Waals surface area contributed by atoms with E-state index >= 15 is 0 Å². The highest BCUT2D eigenvalue weighted by Gasteiger charge is 2.52. The van der Waals surface area contributed by atoms with Crippen LogP contribution < -0.4 is 11.2 Å². The maximum Gasteiger partial charge on any atom is 0.330 e. The highest BCUT2D eigenvalue weighted by atomic mass is 31.2. The van der Waals surface area contributed by atoms with Crippen LogP contribution in [0, 0.1) is 12.8 Å². The summed E-state index contributed by atoms with van der Waals surface area (Å²) in [6.45, 7) is 6.14. The number of aryl methyl sites for hydroxylation is 1. The van der Waals surface area contributed by atoms with E-state index in [1.54, 1.807) is 6.92 Å². The molecule has 1 aliphatic heterocycles. The Morgan fingerprint density at radius 2 is 2.00 bits per heavy atom. The van der Waals surface area contributed by atoms with Crippen LogP contribution in [-0.4, -0.2) is 46.7 Å². The van der Waals surface area contributed by atoms with Gasteiger partial charge in [0.15, 0.2) is 12.3 Å². The van der Waals surface area contributed by atoms with E-state index in [0.717, 1.165) is 24.8 Å². The topological polar surface area (TPSA) is 107 Å². The third-order valence-corrected chi connectivity index (χ3v) is 6.41. The number of carbonyl (C=O) groups excluding carboxylic acids is 1. The molecule has 4 atom stereocenters. The molecule has 1 N–H and O–H groups in total. The highest BCUT2D eigenvalue weighted by molar-refractivity contribution is 7.63. The first-order valence-electron chi connectivity index (χ1n) is 8.32. The van der Waals surface area contributed by atoms with Gasteiger partial charge in [0.25, 0.3) is 11.2 Å². The predicted octanol–water partition coefficient (Wildman–Crippen LogP) is 1.92. The van der Waals surface area contributed by atoms with Crippen LogP contribution in [0.3, 0.4) is 0 Å². The molecule has 0 aromatic carbocycles. The van der Waals surface area contributed by atoms with E-state index in [-0.39, 0.29) is 5.56 Å². The lowest BCUT2D eigenvalue weighted by Gasteiger charge is -2.25. The zero-order chi connectivity index (χ0) is 20.7. The molecule has 1 aliphatic rings. The summed E-state index contributed by atoms with van der Waals surface area (Å²) in [6.07, 6.45) is -2.95. The Balaban J connectivity index is 2.43. The first-order valence-corrected chi connectivity index (χ1v) is 10.9. The minimum atomic E-state index is -3.75. The van der Waals surface area contributed by atoms with E-state index in [2.05, 4.69) is 4.98 Å². The number of nitrogens with one attached hydrogen (secondary N) is 1. The van der Waals surface area contributed by atoms with Gasteiger partial charge in [0.05, 0.1) is 6.10 Å². The zero-order valence-electron chi connectivity index (χ0n) is 15.7. The predicted molar refractivity (Wildman–Crippen MR) is 93.7 cm³/mol. The molecule has 11 heteroatoms. The van der Waals surface area contributed by atoms with Gasteiger partial charge >= 0.3 is 11.7 Å². The van der Waals surface area contributed by atoms with Crippen LogP contribution in [0.5, 0.6) is 0 Å². The van der Waals surface area contributed by atoms with Gasteiger partial charge in [-0.1, -0.05) is 6.92 Å². The largest absolute Gasteiger partial charge is 0.457 e. The van der Waals surface area contributed by atoms with E-state index in [4.69, 9.17) is 9.47 Å². The number of H-pyrrole nitrogens is 1. The summed E-state index contributed by atoms with van der Waals surface area (Å²) >= 11 is 0.